The van der Waals surface area contributed by atoms with Gasteiger partial charge in [0.2, 0.25) is 0 Å². The van der Waals surface area contributed by atoms with E-state index in [0.29, 0.717) is 12.1 Å². The largest absolute Gasteiger partial charge is 0.508 e. The van der Waals surface area contributed by atoms with Crippen molar-refractivity contribution in [3.63, 3.8) is 0 Å². The lowest BCUT2D eigenvalue weighted by Crippen LogP contribution is -2.26. The summed E-state index contributed by atoms with van der Waals surface area (Å²) >= 11 is 0. The Morgan fingerprint density at radius 3 is 3.00 bits per heavy atom. The van der Waals surface area contributed by atoms with Crippen molar-refractivity contribution < 1.29 is 15.0 Å². The average Bonchev–Trinajstić information content (AvgIpc) is 2.46. The number of hydrogen-bond donors (Lipinski definition) is 3. The van der Waals surface area contributed by atoms with Crippen LogP contribution in [0.4, 0.5) is 5.69 Å². The van der Waals surface area contributed by atoms with E-state index in [9.17, 15) is 4.79 Å². The number of nitrogens with one attached hydrogen (secondary N) is 1. The summed E-state index contributed by atoms with van der Waals surface area (Å²) in [6.45, 7) is 0. The molecule has 0 spiro atoms. The molecule has 0 aliphatic carbocycles. The Hall–Kier alpha value is -1.71. The Kier molecular flexibility index (Phi) is 1.62. The fraction of sp³-hybridized carbons (Fsp3) is 0.222. The van der Waals surface area contributed by atoms with E-state index >= 15 is 0 Å². The van der Waals surface area contributed by atoms with E-state index in [1.165, 1.54) is 6.07 Å². The highest BCUT2D eigenvalue weighted by Gasteiger charge is 2.25. The van der Waals surface area contributed by atoms with Gasteiger partial charge in [-0.1, -0.05) is 6.07 Å². The second-order valence-corrected chi connectivity index (χ2v) is 3.08. The molecule has 0 saturated carbocycles. The summed E-state index contributed by atoms with van der Waals surface area (Å²) < 4.78 is 0. The molecule has 1 atom stereocenters. The minimum atomic E-state index is -0.865. The molecular weight excluding hydrogens is 170 g/mol. The van der Waals surface area contributed by atoms with Crippen LogP contribution in [0.25, 0.3) is 0 Å². The first-order chi connectivity index (χ1) is 6.16. The third-order valence-electron chi connectivity index (χ3n) is 2.15. The van der Waals surface area contributed by atoms with Gasteiger partial charge in [-0.05, 0) is 11.6 Å². The van der Waals surface area contributed by atoms with Gasteiger partial charge in [-0.3, -0.25) is 0 Å². The van der Waals surface area contributed by atoms with Gasteiger partial charge in [-0.15, -0.1) is 0 Å². The number of carboxylic acid groups (broad SMARTS) is 1. The fourth-order valence-electron chi connectivity index (χ4n) is 1.48. The minimum absolute atomic E-state index is 0.150. The predicted molar refractivity (Wildman–Crippen MR) is 46.9 cm³/mol. The average molecular weight is 179 g/mol. The number of anilines is 1. The molecule has 13 heavy (non-hydrogen) atoms. The maximum Gasteiger partial charge on any atom is 0.326 e. The maximum absolute atomic E-state index is 10.6. The Morgan fingerprint density at radius 2 is 2.31 bits per heavy atom. The van der Waals surface area contributed by atoms with Crippen LogP contribution in [-0.2, 0) is 11.2 Å². The number of carbonyl (C=O) groups is 1. The van der Waals surface area contributed by atoms with Crippen molar-refractivity contribution in [2.24, 2.45) is 0 Å². The lowest BCUT2D eigenvalue weighted by molar-refractivity contribution is -0.137. The van der Waals surface area contributed by atoms with Gasteiger partial charge in [0.15, 0.2) is 0 Å². The van der Waals surface area contributed by atoms with E-state index in [0.717, 1.165) is 5.56 Å². The van der Waals surface area contributed by atoms with Crippen LogP contribution in [-0.4, -0.2) is 22.2 Å². The molecule has 1 aliphatic heterocycles. The molecular formula is C9H9NO3. The monoisotopic (exact) mass is 179 g/mol. The van der Waals surface area contributed by atoms with Crippen molar-refractivity contribution in [3.05, 3.63) is 23.8 Å². The number of phenols is 1. The molecule has 1 aromatic rings. The summed E-state index contributed by atoms with van der Waals surface area (Å²) in [6.07, 6.45) is 0.477. The molecule has 0 unspecified atom stereocenters. The number of fused-ring (bicyclic) bond motifs is 1. The zero-order chi connectivity index (χ0) is 9.42. The smallest absolute Gasteiger partial charge is 0.326 e. The van der Waals surface area contributed by atoms with Crippen molar-refractivity contribution in [2.75, 3.05) is 5.32 Å². The molecule has 0 fully saturated rings. The van der Waals surface area contributed by atoms with Crippen LogP contribution in [0.1, 0.15) is 5.56 Å². The highest BCUT2D eigenvalue weighted by Crippen LogP contribution is 2.29. The van der Waals surface area contributed by atoms with Gasteiger partial charge in [0, 0.05) is 18.2 Å². The second kappa shape index (κ2) is 2.65. The Labute approximate surface area is 74.8 Å². The van der Waals surface area contributed by atoms with Gasteiger partial charge in [-0.25, -0.2) is 4.79 Å². The molecule has 4 heteroatoms. The van der Waals surface area contributed by atoms with Gasteiger partial charge < -0.3 is 15.5 Å². The van der Waals surface area contributed by atoms with Crippen molar-refractivity contribution in [1.82, 2.24) is 0 Å². The summed E-state index contributed by atoms with van der Waals surface area (Å²) in [7, 11) is 0. The summed E-state index contributed by atoms with van der Waals surface area (Å²) in [4.78, 5) is 10.6. The molecule has 0 saturated heterocycles. The number of aliphatic carboxylic acids is 1. The molecule has 2 rings (SSSR count). The third kappa shape index (κ3) is 1.30. The molecule has 68 valence electrons. The van der Waals surface area contributed by atoms with Crippen LogP contribution in [0, 0.1) is 0 Å². The number of hydrogen-bond acceptors (Lipinski definition) is 3. The Bertz CT molecular complexity index is 362. The van der Waals surface area contributed by atoms with E-state index in [4.69, 9.17) is 10.2 Å². The number of rotatable bonds is 1. The van der Waals surface area contributed by atoms with Gasteiger partial charge >= 0.3 is 5.97 Å². The van der Waals surface area contributed by atoms with Gasteiger partial charge in [-0.2, -0.15) is 0 Å². The van der Waals surface area contributed by atoms with Crippen LogP contribution in [0.5, 0.6) is 5.75 Å². The fourth-order valence-corrected chi connectivity index (χ4v) is 1.48. The van der Waals surface area contributed by atoms with Gasteiger partial charge in [0.05, 0.1) is 0 Å². The van der Waals surface area contributed by atoms with E-state index in [2.05, 4.69) is 5.32 Å². The third-order valence-corrected chi connectivity index (χ3v) is 2.15. The quantitative estimate of drug-likeness (QED) is 0.596. The lowest BCUT2D eigenvalue weighted by Gasteiger charge is -2.03. The SMILES string of the molecule is O=C(O)[C@@H]1Cc2ccc(O)cc2N1. The van der Waals surface area contributed by atoms with Crippen LogP contribution in [0.2, 0.25) is 0 Å². The van der Waals surface area contributed by atoms with Crippen molar-refractivity contribution in [3.8, 4) is 5.75 Å². The second-order valence-electron chi connectivity index (χ2n) is 3.08. The molecule has 4 nitrogen and oxygen atoms in total. The Morgan fingerprint density at radius 1 is 1.54 bits per heavy atom. The summed E-state index contributed by atoms with van der Waals surface area (Å²) in [5.74, 6) is -0.715. The topological polar surface area (TPSA) is 69.6 Å². The molecule has 1 aliphatic rings. The van der Waals surface area contributed by atoms with Crippen LogP contribution in [0.15, 0.2) is 18.2 Å². The standard InChI is InChI=1S/C9H9NO3/c11-6-2-1-5-3-8(9(12)13)10-7(5)4-6/h1-2,4,8,10-11H,3H2,(H,12,13)/t8-/m0/s1. The first kappa shape index (κ1) is 7.91. The first-order valence-corrected chi connectivity index (χ1v) is 3.98. The number of benzene rings is 1. The molecule has 0 bridgehead atoms. The van der Waals surface area contributed by atoms with Gasteiger partial charge in [0.1, 0.15) is 11.8 Å². The van der Waals surface area contributed by atoms with Gasteiger partial charge in [0.25, 0.3) is 0 Å². The Balaban J connectivity index is 2.30. The van der Waals surface area contributed by atoms with E-state index in [-0.39, 0.29) is 5.75 Å². The van der Waals surface area contributed by atoms with E-state index in [1.54, 1.807) is 12.1 Å². The number of aromatic hydroxyl groups is 1. The molecule has 0 radical (unpaired) electrons. The normalized spacial score (nSPS) is 19.2. The lowest BCUT2D eigenvalue weighted by atomic mass is 10.1. The predicted octanol–water partition coefficient (Wildman–Crippen LogP) is 0.813. The van der Waals surface area contributed by atoms with E-state index in [1.807, 2.05) is 0 Å². The number of phenolic OH excluding ortho intramolecular Hbond substituents is 1. The molecule has 3 N–H and O–H groups in total. The zero-order valence-electron chi connectivity index (χ0n) is 6.82. The van der Waals surface area contributed by atoms with Crippen molar-refractivity contribution in [1.29, 1.82) is 0 Å². The molecule has 1 aromatic carbocycles. The van der Waals surface area contributed by atoms with E-state index < -0.39 is 12.0 Å². The minimum Gasteiger partial charge on any atom is -0.508 e. The number of carboxylic acids is 1. The zero-order valence-corrected chi connectivity index (χ0v) is 6.82. The van der Waals surface area contributed by atoms with Crippen LogP contribution < -0.4 is 5.32 Å². The summed E-state index contributed by atoms with van der Waals surface area (Å²) in [5, 5.41) is 20.7. The maximum atomic E-state index is 10.6. The van der Waals surface area contributed by atoms with Crippen molar-refractivity contribution in [2.45, 2.75) is 12.5 Å². The highest BCUT2D eigenvalue weighted by molar-refractivity contribution is 5.81. The highest BCUT2D eigenvalue weighted by atomic mass is 16.4. The van der Waals surface area contributed by atoms with Crippen LogP contribution >= 0.6 is 0 Å². The summed E-state index contributed by atoms with van der Waals surface area (Å²) in [5.41, 5.74) is 1.65. The first-order valence-electron chi connectivity index (χ1n) is 3.98. The molecule has 1 heterocycles. The van der Waals surface area contributed by atoms with Crippen molar-refractivity contribution >= 4 is 11.7 Å². The van der Waals surface area contributed by atoms with Crippen LogP contribution in [0.3, 0.4) is 0 Å². The molecule has 0 aromatic heterocycles. The summed E-state index contributed by atoms with van der Waals surface area (Å²) in [6, 6.07) is 4.28. The molecule has 0 amide bonds.